The average molecular weight is 318 g/mol. The van der Waals surface area contributed by atoms with E-state index < -0.39 is 22.7 Å². The fraction of sp³-hybridized carbons (Fsp3) is 0.278. The fourth-order valence-corrected chi connectivity index (χ4v) is 4.06. The summed E-state index contributed by atoms with van der Waals surface area (Å²) in [5.74, 6) is -2.15. The van der Waals surface area contributed by atoms with Crippen LogP contribution in [0.4, 0.5) is 0 Å². The van der Waals surface area contributed by atoms with Crippen LogP contribution in [0.15, 0.2) is 46.5 Å². The van der Waals surface area contributed by atoms with Crippen LogP contribution in [0, 0.1) is 33.5 Å². The second-order valence-electron chi connectivity index (χ2n) is 6.02. The van der Waals surface area contributed by atoms with Crippen molar-refractivity contribution in [1.82, 2.24) is 0 Å². The molecule has 1 aliphatic heterocycles. The summed E-state index contributed by atoms with van der Waals surface area (Å²) in [6, 6.07) is 12.8. The van der Waals surface area contributed by atoms with Gasteiger partial charge in [0, 0.05) is 11.5 Å². The van der Waals surface area contributed by atoms with Crippen LogP contribution in [0.3, 0.4) is 0 Å². The van der Waals surface area contributed by atoms with Crippen molar-refractivity contribution in [3.05, 3.63) is 47.0 Å². The molecule has 3 unspecified atom stereocenters. The number of carbonyl (C=O) groups excluding carboxylic acids is 2. The minimum atomic E-state index is -1.85. The van der Waals surface area contributed by atoms with Crippen LogP contribution < -0.4 is 5.73 Å². The molecule has 2 aliphatic rings. The summed E-state index contributed by atoms with van der Waals surface area (Å²) in [5, 5.41) is 19.9. The number of carbonyl (C=O) groups is 2. The number of amides is 1. The highest BCUT2D eigenvalue weighted by molar-refractivity contribution is 6.17. The molecule has 1 aliphatic carbocycles. The minimum Gasteiger partial charge on any atom is -0.385 e. The second kappa shape index (κ2) is 4.87. The van der Waals surface area contributed by atoms with Gasteiger partial charge in [-0.25, -0.2) is 0 Å². The van der Waals surface area contributed by atoms with Crippen LogP contribution in [0.2, 0.25) is 0 Å². The van der Waals surface area contributed by atoms with Crippen molar-refractivity contribution in [3.63, 3.8) is 0 Å². The molecule has 0 fully saturated rings. The molecule has 0 radical (unpaired) electrons. The zero-order valence-corrected chi connectivity index (χ0v) is 13.2. The normalized spacial score (nSPS) is 31.2. The Bertz CT molecular complexity index is 917. The van der Waals surface area contributed by atoms with Gasteiger partial charge in [0.25, 0.3) is 5.91 Å². The number of Topliss-reactive ketones (excluding diaryl/α,β-unsaturated/α-hetero) is 1. The molecular formula is C18H14N4O2. The van der Waals surface area contributed by atoms with Gasteiger partial charge in [-0.15, -0.1) is 0 Å². The van der Waals surface area contributed by atoms with E-state index in [2.05, 4.69) is 4.99 Å². The predicted octanol–water partition coefficient (Wildman–Crippen LogP) is 1.61. The van der Waals surface area contributed by atoms with Gasteiger partial charge in [0.1, 0.15) is 5.84 Å². The highest BCUT2D eigenvalue weighted by Crippen LogP contribution is 2.65. The van der Waals surface area contributed by atoms with Crippen LogP contribution in [0.25, 0.3) is 0 Å². The Balaban J connectivity index is 2.46. The summed E-state index contributed by atoms with van der Waals surface area (Å²) < 4.78 is 0. The molecule has 3 atom stereocenters. The van der Waals surface area contributed by atoms with Gasteiger partial charge in [0.15, 0.2) is 16.6 Å². The average Bonchev–Trinajstić information content (AvgIpc) is 2.94. The van der Waals surface area contributed by atoms with Gasteiger partial charge in [-0.3, -0.25) is 9.59 Å². The van der Waals surface area contributed by atoms with Crippen LogP contribution in [-0.2, 0) is 9.59 Å². The first-order valence-electron chi connectivity index (χ1n) is 7.37. The molecule has 118 valence electrons. The summed E-state index contributed by atoms with van der Waals surface area (Å²) >= 11 is 0. The van der Waals surface area contributed by atoms with Gasteiger partial charge < -0.3 is 5.73 Å². The van der Waals surface area contributed by atoms with Gasteiger partial charge in [0.2, 0.25) is 0 Å². The number of ketones is 1. The van der Waals surface area contributed by atoms with Gasteiger partial charge >= 0.3 is 0 Å². The standard InChI is InChI=1S/C18H14N4O2/c1-10-13(11(2)23)14(12-6-4-3-5-7-12)18(9-20)16(24)22-15(21)17(10,18)8-19/h3-7,14H,1-2H3,(H2,21,22,24). The molecule has 1 heterocycles. The molecule has 1 amide bonds. The van der Waals surface area contributed by atoms with E-state index in [1.165, 1.54) is 6.92 Å². The lowest BCUT2D eigenvalue weighted by molar-refractivity contribution is -0.125. The Hall–Kier alpha value is -3.25. The molecule has 1 aromatic rings. The van der Waals surface area contributed by atoms with Gasteiger partial charge in [-0.2, -0.15) is 15.5 Å². The third-order valence-corrected chi connectivity index (χ3v) is 5.08. The number of amidine groups is 1. The lowest BCUT2D eigenvalue weighted by Gasteiger charge is -2.33. The fourth-order valence-electron chi connectivity index (χ4n) is 4.06. The maximum atomic E-state index is 12.7. The first kappa shape index (κ1) is 15.6. The van der Waals surface area contributed by atoms with Crippen molar-refractivity contribution in [1.29, 1.82) is 10.5 Å². The Morgan fingerprint density at radius 1 is 1.25 bits per heavy atom. The van der Waals surface area contributed by atoms with E-state index in [1.54, 1.807) is 37.3 Å². The Morgan fingerprint density at radius 2 is 1.88 bits per heavy atom. The topological polar surface area (TPSA) is 120 Å². The number of rotatable bonds is 2. The largest absolute Gasteiger partial charge is 0.385 e. The Morgan fingerprint density at radius 3 is 2.38 bits per heavy atom. The number of hydrogen-bond donors (Lipinski definition) is 1. The maximum Gasteiger partial charge on any atom is 0.271 e. The Kier molecular flexibility index (Phi) is 3.17. The summed E-state index contributed by atoms with van der Waals surface area (Å²) in [4.78, 5) is 28.8. The van der Waals surface area contributed by atoms with Crippen molar-refractivity contribution >= 4 is 17.5 Å². The van der Waals surface area contributed by atoms with Crippen molar-refractivity contribution in [2.24, 2.45) is 21.6 Å². The van der Waals surface area contributed by atoms with Crippen LogP contribution >= 0.6 is 0 Å². The molecule has 0 spiro atoms. The molecular weight excluding hydrogens is 304 g/mol. The van der Waals surface area contributed by atoms with Gasteiger partial charge in [-0.05, 0) is 25.0 Å². The SMILES string of the molecule is CC(=O)C1=C(C)C2(C#N)C(N)=NC(=O)C2(C#N)C1c1ccccc1. The monoisotopic (exact) mass is 318 g/mol. The number of aliphatic imine (C=N–C) groups is 1. The van der Waals surface area contributed by atoms with Crippen LogP contribution in [-0.4, -0.2) is 17.5 Å². The Labute approximate surface area is 138 Å². The maximum absolute atomic E-state index is 12.7. The third kappa shape index (κ3) is 1.45. The van der Waals surface area contributed by atoms with Gasteiger partial charge in [-0.1, -0.05) is 30.3 Å². The number of hydrogen-bond acceptors (Lipinski definition) is 5. The van der Waals surface area contributed by atoms with E-state index in [9.17, 15) is 20.1 Å². The third-order valence-electron chi connectivity index (χ3n) is 5.08. The zero-order chi connectivity index (χ0) is 17.7. The van der Waals surface area contributed by atoms with E-state index in [4.69, 9.17) is 5.73 Å². The highest BCUT2D eigenvalue weighted by atomic mass is 16.2. The molecule has 6 heteroatoms. The summed E-state index contributed by atoms with van der Waals surface area (Å²) in [6.45, 7) is 2.94. The number of nitrogens with two attached hydrogens (primary N) is 1. The summed E-state index contributed by atoms with van der Waals surface area (Å²) in [7, 11) is 0. The van der Waals surface area contributed by atoms with Crippen molar-refractivity contribution in [3.8, 4) is 12.1 Å². The second-order valence-corrected chi connectivity index (χ2v) is 6.02. The zero-order valence-electron chi connectivity index (χ0n) is 13.2. The lowest BCUT2D eigenvalue weighted by atomic mass is 9.60. The molecule has 6 nitrogen and oxygen atoms in total. The number of allylic oxidation sites excluding steroid dienone is 1. The molecule has 24 heavy (non-hydrogen) atoms. The molecule has 2 N–H and O–H groups in total. The van der Waals surface area contributed by atoms with E-state index >= 15 is 0 Å². The molecule has 0 saturated heterocycles. The van der Waals surface area contributed by atoms with E-state index in [1.807, 2.05) is 12.1 Å². The molecule has 0 saturated carbocycles. The van der Waals surface area contributed by atoms with E-state index in [0.29, 0.717) is 11.1 Å². The molecule has 3 rings (SSSR count). The first-order chi connectivity index (χ1) is 11.4. The number of fused-ring (bicyclic) bond motifs is 1. The smallest absolute Gasteiger partial charge is 0.271 e. The number of nitrogens with zero attached hydrogens (tertiary/aromatic N) is 3. The molecule has 0 aromatic heterocycles. The predicted molar refractivity (Wildman–Crippen MR) is 85.3 cm³/mol. The highest BCUT2D eigenvalue weighted by Gasteiger charge is 2.74. The van der Waals surface area contributed by atoms with Crippen molar-refractivity contribution < 1.29 is 9.59 Å². The number of nitriles is 2. The molecule has 1 aromatic carbocycles. The van der Waals surface area contributed by atoms with Crippen LogP contribution in [0.1, 0.15) is 25.3 Å². The van der Waals surface area contributed by atoms with Crippen molar-refractivity contribution in [2.45, 2.75) is 19.8 Å². The van der Waals surface area contributed by atoms with Crippen LogP contribution in [0.5, 0.6) is 0 Å². The van der Waals surface area contributed by atoms with E-state index in [0.717, 1.165) is 0 Å². The summed E-state index contributed by atoms with van der Waals surface area (Å²) in [6.07, 6.45) is 0. The van der Waals surface area contributed by atoms with Gasteiger partial charge in [0.05, 0.1) is 12.1 Å². The first-order valence-corrected chi connectivity index (χ1v) is 7.37. The summed E-state index contributed by atoms with van der Waals surface area (Å²) in [5.41, 5.74) is 3.59. The van der Waals surface area contributed by atoms with E-state index in [-0.39, 0.29) is 17.2 Å². The minimum absolute atomic E-state index is 0.216. The molecule has 0 bridgehead atoms. The quantitative estimate of drug-likeness (QED) is 0.888. The lowest BCUT2D eigenvalue weighted by Crippen LogP contribution is -2.48. The van der Waals surface area contributed by atoms with Crippen molar-refractivity contribution in [2.75, 3.05) is 0 Å². The number of benzene rings is 1.